The average molecular weight is 279 g/mol. The van der Waals surface area contributed by atoms with Crippen LogP contribution >= 0.6 is 23.1 Å². The standard InChI is InChI=1S/C13H13NO2S2/c1-8-4-3-5-10(6-8)7-17-13-14-9(2)11(18-13)12(15)16/h3-6H,7H2,1-2H3,(H,15,16). The maximum Gasteiger partial charge on any atom is 0.347 e. The van der Waals surface area contributed by atoms with E-state index in [1.54, 1.807) is 18.7 Å². The number of aryl methyl sites for hydroxylation is 2. The van der Waals surface area contributed by atoms with E-state index in [0.717, 1.165) is 10.1 Å². The van der Waals surface area contributed by atoms with Crippen LogP contribution in [0.5, 0.6) is 0 Å². The van der Waals surface area contributed by atoms with Crippen LogP contribution in [0, 0.1) is 13.8 Å². The molecule has 0 fully saturated rings. The third-order valence-corrected chi connectivity index (χ3v) is 4.78. The summed E-state index contributed by atoms with van der Waals surface area (Å²) in [6, 6.07) is 8.29. The summed E-state index contributed by atoms with van der Waals surface area (Å²) in [5, 5.41) is 8.96. The monoisotopic (exact) mass is 279 g/mol. The summed E-state index contributed by atoms with van der Waals surface area (Å²) in [7, 11) is 0. The Kier molecular flexibility index (Phi) is 4.04. The Bertz CT molecular complexity index is 578. The molecule has 0 bridgehead atoms. The number of nitrogens with zero attached hydrogens (tertiary/aromatic N) is 1. The molecule has 5 heteroatoms. The molecule has 2 aromatic rings. The van der Waals surface area contributed by atoms with Crippen LogP contribution in [0.2, 0.25) is 0 Å². The highest BCUT2D eigenvalue weighted by Crippen LogP contribution is 2.29. The van der Waals surface area contributed by atoms with Crippen molar-refractivity contribution in [2.45, 2.75) is 23.9 Å². The molecule has 0 saturated carbocycles. The van der Waals surface area contributed by atoms with Crippen LogP contribution in [0.25, 0.3) is 0 Å². The van der Waals surface area contributed by atoms with Gasteiger partial charge in [-0.2, -0.15) is 0 Å². The molecule has 1 N–H and O–H groups in total. The van der Waals surface area contributed by atoms with Crippen molar-refractivity contribution in [3.8, 4) is 0 Å². The lowest BCUT2D eigenvalue weighted by Gasteiger charge is -2.00. The highest BCUT2D eigenvalue weighted by molar-refractivity contribution is 8.00. The third kappa shape index (κ3) is 3.11. The first-order chi connectivity index (χ1) is 8.56. The Hall–Kier alpha value is -1.33. The van der Waals surface area contributed by atoms with E-state index < -0.39 is 5.97 Å². The number of rotatable bonds is 4. The van der Waals surface area contributed by atoms with Gasteiger partial charge in [-0.05, 0) is 19.4 Å². The quantitative estimate of drug-likeness (QED) is 0.866. The van der Waals surface area contributed by atoms with Crippen molar-refractivity contribution in [3.05, 3.63) is 46.0 Å². The van der Waals surface area contributed by atoms with E-state index >= 15 is 0 Å². The molecule has 0 saturated heterocycles. The predicted octanol–water partition coefficient (Wildman–Crippen LogP) is 3.75. The molecule has 0 aliphatic carbocycles. The maximum atomic E-state index is 10.9. The zero-order valence-electron chi connectivity index (χ0n) is 10.1. The van der Waals surface area contributed by atoms with E-state index in [4.69, 9.17) is 5.11 Å². The molecule has 0 radical (unpaired) electrons. The van der Waals surface area contributed by atoms with Crippen LogP contribution in [0.4, 0.5) is 0 Å². The van der Waals surface area contributed by atoms with Crippen LogP contribution in [0.15, 0.2) is 28.6 Å². The lowest BCUT2D eigenvalue weighted by Crippen LogP contribution is -1.94. The van der Waals surface area contributed by atoms with E-state index in [9.17, 15) is 4.79 Å². The van der Waals surface area contributed by atoms with Gasteiger partial charge in [-0.3, -0.25) is 0 Å². The largest absolute Gasteiger partial charge is 0.477 e. The molecule has 0 atom stereocenters. The van der Waals surface area contributed by atoms with Gasteiger partial charge in [0.25, 0.3) is 0 Å². The molecule has 18 heavy (non-hydrogen) atoms. The number of hydrogen-bond donors (Lipinski definition) is 1. The summed E-state index contributed by atoms with van der Waals surface area (Å²) in [5.74, 6) is -0.0827. The van der Waals surface area contributed by atoms with Gasteiger partial charge in [0.15, 0.2) is 4.34 Å². The van der Waals surface area contributed by atoms with E-state index in [-0.39, 0.29) is 0 Å². The average Bonchev–Trinajstić information content (AvgIpc) is 2.68. The Labute approximate surface area is 114 Å². The Morgan fingerprint density at radius 1 is 1.44 bits per heavy atom. The van der Waals surface area contributed by atoms with Gasteiger partial charge in [0, 0.05) is 5.75 Å². The number of thioether (sulfide) groups is 1. The Morgan fingerprint density at radius 3 is 2.83 bits per heavy atom. The maximum absolute atomic E-state index is 10.9. The molecule has 1 aromatic carbocycles. The second-order valence-electron chi connectivity index (χ2n) is 3.98. The number of benzene rings is 1. The second kappa shape index (κ2) is 5.54. The number of aromatic carboxylic acids is 1. The van der Waals surface area contributed by atoms with Crippen LogP contribution in [-0.2, 0) is 5.75 Å². The molecule has 0 spiro atoms. The van der Waals surface area contributed by atoms with Gasteiger partial charge in [-0.25, -0.2) is 9.78 Å². The van der Waals surface area contributed by atoms with Crippen LogP contribution in [0.3, 0.4) is 0 Å². The molecule has 94 valence electrons. The Morgan fingerprint density at radius 2 is 2.22 bits per heavy atom. The summed E-state index contributed by atoms with van der Waals surface area (Å²) in [5.41, 5.74) is 3.05. The fourth-order valence-corrected chi connectivity index (χ4v) is 3.55. The van der Waals surface area contributed by atoms with E-state index in [0.29, 0.717) is 10.6 Å². The van der Waals surface area contributed by atoms with Crippen LogP contribution < -0.4 is 0 Å². The fraction of sp³-hybridized carbons (Fsp3) is 0.231. The number of aromatic nitrogens is 1. The van der Waals surface area contributed by atoms with Crippen LogP contribution in [0.1, 0.15) is 26.5 Å². The Balaban J connectivity index is 2.06. The number of carboxylic acid groups (broad SMARTS) is 1. The molecule has 0 amide bonds. The molecule has 3 nitrogen and oxygen atoms in total. The molecule has 0 aliphatic heterocycles. The van der Waals surface area contributed by atoms with Gasteiger partial charge in [0.1, 0.15) is 4.88 Å². The smallest absolute Gasteiger partial charge is 0.347 e. The molecular weight excluding hydrogens is 266 g/mol. The van der Waals surface area contributed by atoms with Gasteiger partial charge in [-0.1, -0.05) is 41.6 Å². The van der Waals surface area contributed by atoms with Gasteiger partial charge in [-0.15, -0.1) is 11.3 Å². The highest BCUT2D eigenvalue weighted by atomic mass is 32.2. The highest BCUT2D eigenvalue weighted by Gasteiger charge is 2.14. The van der Waals surface area contributed by atoms with Crippen molar-refractivity contribution in [2.75, 3.05) is 0 Å². The minimum absolute atomic E-state index is 0.335. The molecular formula is C13H13NO2S2. The summed E-state index contributed by atoms with van der Waals surface area (Å²) >= 11 is 2.82. The second-order valence-corrected chi connectivity index (χ2v) is 6.20. The number of hydrogen-bond acceptors (Lipinski definition) is 4. The van der Waals surface area contributed by atoms with E-state index in [1.165, 1.54) is 22.5 Å². The van der Waals surface area contributed by atoms with Crippen LogP contribution in [-0.4, -0.2) is 16.1 Å². The molecule has 2 rings (SSSR count). The van der Waals surface area contributed by atoms with Gasteiger partial charge < -0.3 is 5.11 Å². The summed E-state index contributed by atoms with van der Waals surface area (Å²) < 4.78 is 0.811. The zero-order valence-corrected chi connectivity index (χ0v) is 11.8. The third-order valence-electron chi connectivity index (χ3n) is 2.42. The molecule has 0 unspecified atom stereocenters. The fourth-order valence-electron chi connectivity index (χ4n) is 1.58. The number of thiazole rings is 1. The normalized spacial score (nSPS) is 10.6. The first-order valence-electron chi connectivity index (χ1n) is 5.45. The van der Waals surface area contributed by atoms with Crippen molar-refractivity contribution < 1.29 is 9.90 Å². The molecule has 1 heterocycles. The number of carbonyl (C=O) groups is 1. The van der Waals surface area contributed by atoms with Crippen molar-refractivity contribution >= 4 is 29.1 Å². The predicted molar refractivity (Wildman–Crippen MR) is 74.6 cm³/mol. The van der Waals surface area contributed by atoms with E-state index in [1.807, 2.05) is 6.07 Å². The van der Waals surface area contributed by atoms with Gasteiger partial charge in [0.2, 0.25) is 0 Å². The van der Waals surface area contributed by atoms with Crippen molar-refractivity contribution in [1.82, 2.24) is 4.98 Å². The van der Waals surface area contributed by atoms with Crippen molar-refractivity contribution in [2.24, 2.45) is 0 Å². The van der Waals surface area contributed by atoms with E-state index in [2.05, 4.69) is 30.1 Å². The minimum Gasteiger partial charge on any atom is -0.477 e. The SMILES string of the molecule is Cc1cccc(CSc2nc(C)c(C(=O)O)s2)c1. The lowest BCUT2D eigenvalue weighted by molar-refractivity contribution is 0.0701. The number of carboxylic acids is 1. The first kappa shape index (κ1) is 13.1. The molecule has 0 aliphatic rings. The van der Waals surface area contributed by atoms with Crippen molar-refractivity contribution in [1.29, 1.82) is 0 Å². The lowest BCUT2D eigenvalue weighted by atomic mass is 10.2. The van der Waals surface area contributed by atoms with Gasteiger partial charge >= 0.3 is 5.97 Å². The summed E-state index contributed by atoms with van der Waals surface area (Å²) in [6.45, 7) is 3.79. The van der Waals surface area contributed by atoms with Crippen molar-refractivity contribution in [3.63, 3.8) is 0 Å². The van der Waals surface area contributed by atoms with Gasteiger partial charge in [0.05, 0.1) is 5.69 Å². The zero-order chi connectivity index (χ0) is 13.1. The topological polar surface area (TPSA) is 50.2 Å². The summed E-state index contributed by atoms with van der Waals surface area (Å²) in [6.07, 6.45) is 0. The molecule has 1 aromatic heterocycles. The summed E-state index contributed by atoms with van der Waals surface area (Å²) in [4.78, 5) is 15.5. The minimum atomic E-state index is -0.896. The first-order valence-corrected chi connectivity index (χ1v) is 7.25.